The van der Waals surface area contributed by atoms with E-state index in [9.17, 15) is 5.26 Å². The molecule has 0 aliphatic carbocycles. The second-order valence-corrected chi connectivity index (χ2v) is 4.80. The quantitative estimate of drug-likeness (QED) is 0.743. The van der Waals surface area contributed by atoms with Crippen molar-refractivity contribution in [3.8, 4) is 6.07 Å². The Kier molecular flexibility index (Phi) is 2.58. The van der Waals surface area contributed by atoms with Crippen molar-refractivity contribution in [1.29, 1.82) is 5.26 Å². The third kappa shape index (κ3) is 1.45. The van der Waals surface area contributed by atoms with Crippen LogP contribution in [0.2, 0.25) is 0 Å². The molecule has 3 heteroatoms. The largest absolute Gasteiger partial charge is 0.281 e. The van der Waals surface area contributed by atoms with Crippen LogP contribution in [0.25, 0.3) is 0 Å². The van der Waals surface area contributed by atoms with E-state index < -0.39 is 5.54 Å². The molecule has 74 valence electrons. The van der Waals surface area contributed by atoms with Gasteiger partial charge in [-0.25, -0.2) is 0 Å². The van der Waals surface area contributed by atoms with Crippen molar-refractivity contribution >= 4 is 11.3 Å². The molecule has 1 fully saturated rings. The van der Waals surface area contributed by atoms with Crippen molar-refractivity contribution in [2.24, 2.45) is 0 Å². The lowest BCUT2D eigenvalue weighted by Crippen LogP contribution is -2.40. The molecule has 0 N–H and O–H groups in total. The third-order valence-electron chi connectivity index (χ3n) is 2.96. The van der Waals surface area contributed by atoms with E-state index >= 15 is 0 Å². The predicted molar refractivity (Wildman–Crippen MR) is 58.1 cm³/mol. The predicted octanol–water partition coefficient (Wildman–Crippen LogP) is 2.58. The minimum Gasteiger partial charge on any atom is -0.281 e. The van der Waals surface area contributed by atoms with Gasteiger partial charge >= 0.3 is 0 Å². The number of thiophene rings is 1. The molecule has 2 heterocycles. The average molecular weight is 206 g/mol. The third-order valence-corrected chi connectivity index (χ3v) is 4.04. The van der Waals surface area contributed by atoms with E-state index in [2.05, 4.69) is 17.0 Å². The van der Waals surface area contributed by atoms with Gasteiger partial charge in [0.25, 0.3) is 0 Å². The molecule has 0 radical (unpaired) electrons. The second-order valence-electron chi connectivity index (χ2n) is 3.86. The molecule has 2 rings (SSSR count). The number of hydrogen-bond acceptors (Lipinski definition) is 3. The van der Waals surface area contributed by atoms with Crippen molar-refractivity contribution < 1.29 is 0 Å². The van der Waals surface area contributed by atoms with Crippen LogP contribution in [0.4, 0.5) is 0 Å². The smallest absolute Gasteiger partial charge is 0.141 e. The zero-order valence-corrected chi connectivity index (χ0v) is 9.18. The Labute approximate surface area is 88.8 Å². The van der Waals surface area contributed by atoms with Gasteiger partial charge in [-0.2, -0.15) is 5.26 Å². The molecular weight excluding hydrogens is 192 g/mol. The maximum absolute atomic E-state index is 9.33. The Bertz CT molecular complexity index is 333. The van der Waals surface area contributed by atoms with E-state index in [0.29, 0.717) is 0 Å². The van der Waals surface area contributed by atoms with E-state index in [1.807, 2.05) is 18.4 Å². The number of hydrogen-bond donors (Lipinski definition) is 0. The van der Waals surface area contributed by atoms with Gasteiger partial charge in [-0.15, -0.1) is 11.3 Å². The summed E-state index contributed by atoms with van der Waals surface area (Å²) in [7, 11) is 0. The van der Waals surface area contributed by atoms with Gasteiger partial charge in [-0.1, -0.05) is 6.07 Å². The van der Waals surface area contributed by atoms with Gasteiger partial charge in [-0.3, -0.25) is 4.90 Å². The average Bonchev–Trinajstić information content (AvgIpc) is 2.88. The first kappa shape index (κ1) is 9.70. The molecule has 0 aromatic carbocycles. The van der Waals surface area contributed by atoms with Gasteiger partial charge in [0, 0.05) is 18.0 Å². The minimum absolute atomic E-state index is 0.398. The zero-order valence-electron chi connectivity index (χ0n) is 8.36. The number of nitriles is 1. The summed E-state index contributed by atoms with van der Waals surface area (Å²) in [6, 6.07) is 6.54. The fourth-order valence-corrected chi connectivity index (χ4v) is 2.87. The van der Waals surface area contributed by atoms with Crippen LogP contribution in [-0.2, 0) is 5.54 Å². The first-order chi connectivity index (χ1) is 6.77. The standard InChI is InChI=1S/C11H14N2S/c1-11(9-12,10-5-4-8-14-10)13-6-2-3-7-13/h4-5,8H,2-3,6-7H2,1H3. The first-order valence-electron chi connectivity index (χ1n) is 4.97. The van der Waals surface area contributed by atoms with Crippen LogP contribution in [0.15, 0.2) is 17.5 Å². The molecule has 1 unspecified atom stereocenters. The molecule has 1 aliphatic rings. The fourth-order valence-electron chi connectivity index (χ4n) is 2.00. The Morgan fingerprint density at radius 2 is 2.21 bits per heavy atom. The zero-order chi connectivity index (χ0) is 10.0. The van der Waals surface area contributed by atoms with Gasteiger partial charge in [0.05, 0.1) is 6.07 Å². The Hall–Kier alpha value is -0.850. The van der Waals surface area contributed by atoms with E-state index in [-0.39, 0.29) is 0 Å². The summed E-state index contributed by atoms with van der Waals surface area (Å²) >= 11 is 1.68. The van der Waals surface area contributed by atoms with Gasteiger partial charge in [-0.05, 0) is 31.2 Å². The van der Waals surface area contributed by atoms with Crippen LogP contribution in [0.5, 0.6) is 0 Å². The van der Waals surface area contributed by atoms with Crippen molar-refractivity contribution in [3.63, 3.8) is 0 Å². The van der Waals surface area contributed by atoms with Crippen LogP contribution >= 0.6 is 11.3 Å². The molecule has 1 aliphatic heterocycles. The first-order valence-corrected chi connectivity index (χ1v) is 5.85. The summed E-state index contributed by atoms with van der Waals surface area (Å²) in [6.45, 7) is 4.15. The lowest BCUT2D eigenvalue weighted by Gasteiger charge is -2.31. The number of nitrogens with zero attached hydrogens (tertiary/aromatic N) is 2. The summed E-state index contributed by atoms with van der Waals surface area (Å²) in [5.41, 5.74) is -0.398. The topological polar surface area (TPSA) is 27.0 Å². The van der Waals surface area contributed by atoms with Crippen LogP contribution in [0.3, 0.4) is 0 Å². The number of likely N-dealkylation sites (tertiary alicyclic amines) is 1. The van der Waals surface area contributed by atoms with Crippen molar-refractivity contribution in [1.82, 2.24) is 4.90 Å². The maximum Gasteiger partial charge on any atom is 0.141 e. The van der Waals surface area contributed by atoms with E-state index in [0.717, 1.165) is 13.1 Å². The van der Waals surface area contributed by atoms with Crippen molar-refractivity contribution in [3.05, 3.63) is 22.4 Å². The lowest BCUT2D eigenvalue weighted by atomic mass is 10.0. The Morgan fingerprint density at radius 1 is 1.50 bits per heavy atom. The Morgan fingerprint density at radius 3 is 2.71 bits per heavy atom. The summed E-state index contributed by atoms with van der Waals surface area (Å²) in [6.07, 6.45) is 2.45. The van der Waals surface area contributed by atoms with Crippen LogP contribution in [-0.4, -0.2) is 18.0 Å². The van der Waals surface area contributed by atoms with Gasteiger partial charge in [0.2, 0.25) is 0 Å². The highest BCUT2D eigenvalue weighted by Crippen LogP contribution is 2.33. The number of rotatable bonds is 2. The van der Waals surface area contributed by atoms with Gasteiger partial charge < -0.3 is 0 Å². The molecule has 2 nitrogen and oxygen atoms in total. The summed E-state index contributed by atoms with van der Waals surface area (Å²) in [5, 5.41) is 11.4. The molecule has 1 aromatic heterocycles. The molecule has 0 bridgehead atoms. The molecule has 0 spiro atoms. The lowest BCUT2D eigenvalue weighted by molar-refractivity contribution is 0.197. The summed E-state index contributed by atoms with van der Waals surface area (Å²) in [4.78, 5) is 3.46. The van der Waals surface area contributed by atoms with Crippen molar-refractivity contribution in [2.45, 2.75) is 25.3 Å². The minimum atomic E-state index is -0.398. The summed E-state index contributed by atoms with van der Waals surface area (Å²) in [5.74, 6) is 0. The molecule has 14 heavy (non-hydrogen) atoms. The molecule has 1 saturated heterocycles. The monoisotopic (exact) mass is 206 g/mol. The van der Waals surface area contributed by atoms with E-state index in [4.69, 9.17) is 0 Å². The Balaban J connectivity index is 2.30. The van der Waals surface area contributed by atoms with E-state index in [1.165, 1.54) is 17.7 Å². The van der Waals surface area contributed by atoms with Crippen LogP contribution in [0.1, 0.15) is 24.6 Å². The molecule has 0 saturated carbocycles. The highest BCUT2D eigenvalue weighted by atomic mass is 32.1. The van der Waals surface area contributed by atoms with Crippen LogP contribution < -0.4 is 0 Å². The van der Waals surface area contributed by atoms with Crippen molar-refractivity contribution in [2.75, 3.05) is 13.1 Å². The molecular formula is C11H14N2S. The highest BCUT2D eigenvalue weighted by Gasteiger charge is 2.36. The second kappa shape index (κ2) is 3.72. The molecule has 1 aromatic rings. The fraction of sp³-hybridized carbons (Fsp3) is 0.545. The molecule has 0 amide bonds. The van der Waals surface area contributed by atoms with Gasteiger partial charge in [0.1, 0.15) is 5.54 Å². The van der Waals surface area contributed by atoms with E-state index in [1.54, 1.807) is 11.3 Å². The van der Waals surface area contributed by atoms with Crippen LogP contribution in [0, 0.1) is 11.3 Å². The molecule has 1 atom stereocenters. The normalized spacial score (nSPS) is 21.7. The SMILES string of the molecule is CC(C#N)(c1cccs1)N1CCCC1. The highest BCUT2D eigenvalue weighted by molar-refractivity contribution is 7.10. The van der Waals surface area contributed by atoms with Gasteiger partial charge in [0.15, 0.2) is 0 Å². The maximum atomic E-state index is 9.33. The summed E-state index contributed by atoms with van der Waals surface area (Å²) < 4.78 is 0.